The van der Waals surface area contributed by atoms with Crippen molar-refractivity contribution < 1.29 is 8.42 Å². The van der Waals surface area contributed by atoms with Gasteiger partial charge < -0.3 is 10.6 Å². The van der Waals surface area contributed by atoms with Gasteiger partial charge in [0, 0.05) is 19.6 Å². The van der Waals surface area contributed by atoms with Crippen molar-refractivity contribution in [3.8, 4) is 0 Å². The fraction of sp³-hybridized carbons (Fsp3) is 0.462. The molecule has 8 heteroatoms. The van der Waals surface area contributed by atoms with E-state index < -0.39 is 10.0 Å². The second kappa shape index (κ2) is 9.21. The number of rotatable bonds is 5. The molecular formula is C13H23IN4O2S. The summed E-state index contributed by atoms with van der Waals surface area (Å²) >= 11 is 0. The largest absolute Gasteiger partial charge is 0.354 e. The lowest BCUT2D eigenvalue weighted by Crippen LogP contribution is -2.40. The van der Waals surface area contributed by atoms with Gasteiger partial charge >= 0.3 is 0 Å². The van der Waals surface area contributed by atoms with Gasteiger partial charge in [-0.1, -0.05) is 12.1 Å². The topological polar surface area (TPSA) is 82.6 Å². The van der Waals surface area contributed by atoms with Crippen LogP contribution in [0.1, 0.15) is 19.4 Å². The zero-order valence-corrected chi connectivity index (χ0v) is 15.8. The van der Waals surface area contributed by atoms with Crippen molar-refractivity contribution in [2.24, 2.45) is 4.99 Å². The second-order valence-corrected chi connectivity index (χ2v) is 6.46. The molecule has 120 valence electrons. The molecule has 0 saturated heterocycles. The molecule has 0 aliphatic rings. The Bertz CT molecular complexity index is 556. The number of aliphatic imine (C=N–C) groups is 1. The van der Waals surface area contributed by atoms with Crippen LogP contribution in [-0.2, 0) is 16.6 Å². The first-order valence-electron chi connectivity index (χ1n) is 6.38. The summed E-state index contributed by atoms with van der Waals surface area (Å²) in [4.78, 5) is 4.36. The van der Waals surface area contributed by atoms with Crippen LogP contribution in [0.3, 0.4) is 0 Å². The maximum absolute atomic E-state index is 11.6. The lowest BCUT2D eigenvalue weighted by molar-refractivity contribution is 0.588. The highest BCUT2D eigenvalue weighted by molar-refractivity contribution is 14.0. The SMILES string of the molecule is CN=C(NCc1ccc(S(=O)(=O)NC)cc1)NC(C)C.I. The fourth-order valence-electron chi connectivity index (χ4n) is 1.56. The van der Waals surface area contributed by atoms with Gasteiger partial charge in [0.2, 0.25) is 10.0 Å². The molecule has 1 rings (SSSR count). The standard InChI is InChI=1S/C13H22N4O2S.HI/c1-10(2)17-13(14-3)16-9-11-5-7-12(8-6-11)20(18,19)15-4;/h5-8,10,15H,9H2,1-4H3,(H2,14,16,17);1H. The van der Waals surface area contributed by atoms with Gasteiger partial charge in [-0.05, 0) is 38.6 Å². The van der Waals surface area contributed by atoms with Crippen LogP contribution in [0.4, 0.5) is 0 Å². The Morgan fingerprint density at radius 1 is 1.24 bits per heavy atom. The molecule has 21 heavy (non-hydrogen) atoms. The predicted octanol–water partition coefficient (Wildman–Crippen LogP) is 1.29. The van der Waals surface area contributed by atoms with Gasteiger partial charge in [0.1, 0.15) is 0 Å². The third-order valence-corrected chi connectivity index (χ3v) is 4.04. The van der Waals surface area contributed by atoms with Gasteiger partial charge in [-0.3, -0.25) is 4.99 Å². The normalized spacial score (nSPS) is 12.0. The Morgan fingerprint density at radius 2 is 1.81 bits per heavy atom. The fourth-order valence-corrected chi connectivity index (χ4v) is 2.29. The van der Waals surface area contributed by atoms with Crippen molar-refractivity contribution in [2.45, 2.75) is 31.3 Å². The first-order chi connectivity index (χ1) is 9.39. The number of nitrogens with zero attached hydrogens (tertiary/aromatic N) is 1. The zero-order valence-electron chi connectivity index (χ0n) is 12.7. The van der Waals surface area contributed by atoms with Crippen molar-refractivity contribution in [3.05, 3.63) is 29.8 Å². The quantitative estimate of drug-likeness (QED) is 0.377. The van der Waals surface area contributed by atoms with Crippen LogP contribution in [0.5, 0.6) is 0 Å². The van der Waals surface area contributed by atoms with Gasteiger partial charge in [0.05, 0.1) is 4.90 Å². The number of guanidine groups is 1. The van der Waals surface area contributed by atoms with Crippen LogP contribution < -0.4 is 15.4 Å². The van der Waals surface area contributed by atoms with Crippen molar-refractivity contribution in [1.29, 1.82) is 0 Å². The highest BCUT2D eigenvalue weighted by Crippen LogP contribution is 2.09. The van der Waals surface area contributed by atoms with Gasteiger partial charge in [-0.15, -0.1) is 24.0 Å². The molecule has 0 radical (unpaired) electrons. The average Bonchev–Trinajstić information content (AvgIpc) is 2.43. The van der Waals surface area contributed by atoms with E-state index in [2.05, 4.69) is 20.3 Å². The third kappa shape index (κ3) is 6.62. The summed E-state index contributed by atoms with van der Waals surface area (Å²) in [6.07, 6.45) is 0. The number of hydrogen-bond donors (Lipinski definition) is 3. The molecule has 0 bridgehead atoms. The van der Waals surface area contributed by atoms with E-state index in [4.69, 9.17) is 0 Å². The monoisotopic (exact) mass is 426 g/mol. The maximum atomic E-state index is 11.6. The molecule has 3 N–H and O–H groups in total. The summed E-state index contributed by atoms with van der Waals surface area (Å²) in [6, 6.07) is 7.02. The predicted molar refractivity (Wildman–Crippen MR) is 96.6 cm³/mol. The molecule has 0 amide bonds. The molecule has 0 aromatic heterocycles. The molecule has 1 aromatic carbocycles. The van der Waals surface area contributed by atoms with E-state index in [1.807, 2.05) is 13.8 Å². The lowest BCUT2D eigenvalue weighted by Gasteiger charge is -2.14. The molecule has 0 saturated carbocycles. The van der Waals surface area contributed by atoms with E-state index in [0.717, 1.165) is 5.56 Å². The highest BCUT2D eigenvalue weighted by Gasteiger charge is 2.10. The molecule has 0 atom stereocenters. The Morgan fingerprint density at radius 3 is 2.24 bits per heavy atom. The Hall–Kier alpha value is -0.870. The van der Waals surface area contributed by atoms with E-state index in [-0.39, 0.29) is 28.9 Å². The minimum absolute atomic E-state index is 0. The summed E-state index contributed by atoms with van der Waals surface area (Å²) in [5.41, 5.74) is 0.978. The van der Waals surface area contributed by atoms with Crippen LogP contribution in [0.2, 0.25) is 0 Å². The molecule has 0 aliphatic carbocycles. The van der Waals surface area contributed by atoms with Gasteiger partial charge in [-0.2, -0.15) is 0 Å². The molecule has 0 fully saturated rings. The Kier molecular flexibility index (Phi) is 8.83. The number of halogens is 1. The number of benzene rings is 1. The van der Waals surface area contributed by atoms with Gasteiger partial charge in [0.25, 0.3) is 0 Å². The van der Waals surface area contributed by atoms with Crippen molar-refractivity contribution >= 4 is 40.0 Å². The summed E-state index contributed by atoms with van der Waals surface area (Å²) in [7, 11) is -0.269. The van der Waals surface area contributed by atoms with E-state index in [0.29, 0.717) is 18.5 Å². The molecule has 0 spiro atoms. The van der Waals surface area contributed by atoms with Gasteiger partial charge in [0.15, 0.2) is 5.96 Å². The van der Waals surface area contributed by atoms with E-state index in [1.165, 1.54) is 7.05 Å². The highest BCUT2D eigenvalue weighted by atomic mass is 127. The van der Waals surface area contributed by atoms with Crippen LogP contribution in [0.25, 0.3) is 0 Å². The molecule has 1 aromatic rings. The minimum Gasteiger partial charge on any atom is -0.354 e. The van der Waals surface area contributed by atoms with Gasteiger partial charge in [-0.25, -0.2) is 13.1 Å². The third-order valence-electron chi connectivity index (χ3n) is 2.61. The number of nitrogens with one attached hydrogen (secondary N) is 3. The first-order valence-corrected chi connectivity index (χ1v) is 7.87. The molecular weight excluding hydrogens is 403 g/mol. The average molecular weight is 426 g/mol. The number of hydrogen-bond acceptors (Lipinski definition) is 3. The van der Waals surface area contributed by atoms with E-state index in [9.17, 15) is 8.42 Å². The van der Waals surface area contributed by atoms with Crippen LogP contribution in [-0.4, -0.2) is 34.5 Å². The van der Waals surface area contributed by atoms with Crippen molar-refractivity contribution in [2.75, 3.05) is 14.1 Å². The zero-order chi connectivity index (χ0) is 15.2. The summed E-state index contributed by atoms with van der Waals surface area (Å²) < 4.78 is 25.5. The van der Waals surface area contributed by atoms with Crippen LogP contribution in [0, 0.1) is 0 Å². The minimum atomic E-state index is -3.37. The van der Waals surface area contributed by atoms with Crippen LogP contribution in [0.15, 0.2) is 34.2 Å². The van der Waals surface area contributed by atoms with Crippen molar-refractivity contribution in [3.63, 3.8) is 0 Å². The first kappa shape index (κ1) is 20.1. The summed E-state index contributed by atoms with van der Waals surface area (Å²) in [5.74, 6) is 0.715. The molecule has 0 heterocycles. The molecule has 0 unspecified atom stereocenters. The molecule has 6 nitrogen and oxygen atoms in total. The lowest BCUT2D eigenvalue weighted by atomic mass is 10.2. The van der Waals surface area contributed by atoms with E-state index in [1.54, 1.807) is 31.3 Å². The Labute approximate surface area is 143 Å². The van der Waals surface area contributed by atoms with Crippen molar-refractivity contribution in [1.82, 2.24) is 15.4 Å². The Balaban J connectivity index is 0.00000400. The number of sulfonamides is 1. The maximum Gasteiger partial charge on any atom is 0.240 e. The van der Waals surface area contributed by atoms with E-state index >= 15 is 0 Å². The molecule has 0 aliphatic heterocycles. The van der Waals surface area contributed by atoms with Crippen LogP contribution >= 0.6 is 24.0 Å². The summed E-state index contributed by atoms with van der Waals surface area (Å²) in [5, 5.41) is 6.34. The second-order valence-electron chi connectivity index (χ2n) is 4.58. The smallest absolute Gasteiger partial charge is 0.240 e. The summed E-state index contributed by atoms with van der Waals surface area (Å²) in [6.45, 7) is 4.64.